The molecule has 1 heterocycles. The van der Waals surface area contributed by atoms with Gasteiger partial charge in [-0.25, -0.2) is 0 Å². The van der Waals surface area contributed by atoms with Crippen molar-refractivity contribution in [1.82, 2.24) is 15.0 Å². The van der Waals surface area contributed by atoms with Crippen LogP contribution in [0.1, 0.15) is 30.9 Å². The SMILES string of the molecule is CCOC(=O)CCCn1nc2cc(C)c(C)cc2n1. The summed E-state index contributed by atoms with van der Waals surface area (Å²) in [5.41, 5.74) is 4.23. The lowest BCUT2D eigenvalue weighted by Crippen LogP contribution is -2.07. The molecule has 0 saturated carbocycles. The van der Waals surface area contributed by atoms with Gasteiger partial charge in [0.05, 0.1) is 13.2 Å². The average molecular weight is 261 g/mol. The molecule has 2 aromatic rings. The smallest absolute Gasteiger partial charge is 0.305 e. The molecule has 0 radical (unpaired) electrons. The molecule has 1 aromatic heterocycles. The predicted octanol–water partition coefficient (Wildman–Crippen LogP) is 2.39. The largest absolute Gasteiger partial charge is 0.466 e. The second-order valence-electron chi connectivity index (χ2n) is 4.63. The zero-order chi connectivity index (χ0) is 13.8. The Morgan fingerprint density at radius 3 is 2.32 bits per heavy atom. The second kappa shape index (κ2) is 5.82. The molecule has 0 N–H and O–H groups in total. The summed E-state index contributed by atoms with van der Waals surface area (Å²) in [6, 6.07) is 4.08. The third-order valence-corrected chi connectivity index (χ3v) is 3.08. The van der Waals surface area contributed by atoms with E-state index in [1.807, 2.05) is 19.1 Å². The number of carbonyl (C=O) groups excluding carboxylic acids is 1. The normalized spacial score (nSPS) is 10.9. The van der Waals surface area contributed by atoms with Crippen molar-refractivity contribution in [2.75, 3.05) is 6.61 Å². The van der Waals surface area contributed by atoms with Gasteiger partial charge in [-0.05, 0) is 50.5 Å². The molecule has 0 aliphatic rings. The third kappa shape index (κ3) is 3.30. The maximum atomic E-state index is 11.2. The van der Waals surface area contributed by atoms with Gasteiger partial charge in [-0.15, -0.1) is 0 Å². The Kier molecular flexibility index (Phi) is 4.14. The first-order valence-corrected chi connectivity index (χ1v) is 6.58. The van der Waals surface area contributed by atoms with Crippen LogP contribution in [0, 0.1) is 13.8 Å². The van der Waals surface area contributed by atoms with Gasteiger partial charge in [-0.1, -0.05) is 0 Å². The van der Waals surface area contributed by atoms with E-state index in [9.17, 15) is 4.79 Å². The fourth-order valence-electron chi connectivity index (χ4n) is 1.91. The van der Waals surface area contributed by atoms with Gasteiger partial charge in [0, 0.05) is 6.42 Å². The van der Waals surface area contributed by atoms with E-state index in [1.165, 1.54) is 11.1 Å². The van der Waals surface area contributed by atoms with Gasteiger partial charge in [-0.2, -0.15) is 15.0 Å². The summed E-state index contributed by atoms with van der Waals surface area (Å²) in [7, 11) is 0. The van der Waals surface area contributed by atoms with Crippen molar-refractivity contribution >= 4 is 17.0 Å². The number of esters is 1. The Morgan fingerprint density at radius 1 is 1.21 bits per heavy atom. The summed E-state index contributed by atoms with van der Waals surface area (Å²) in [4.78, 5) is 12.9. The van der Waals surface area contributed by atoms with Crippen molar-refractivity contribution in [3.63, 3.8) is 0 Å². The Hall–Kier alpha value is -1.91. The van der Waals surface area contributed by atoms with Crippen LogP contribution < -0.4 is 0 Å². The molecule has 2 rings (SSSR count). The number of ether oxygens (including phenoxy) is 1. The number of fused-ring (bicyclic) bond motifs is 1. The van der Waals surface area contributed by atoms with Gasteiger partial charge in [0.1, 0.15) is 11.0 Å². The summed E-state index contributed by atoms with van der Waals surface area (Å²) in [6.07, 6.45) is 1.10. The standard InChI is InChI=1S/C14H19N3O2/c1-4-19-14(18)6-5-7-17-15-12-8-10(2)11(3)9-13(12)16-17/h8-9H,4-7H2,1-3H3. The maximum Gasteiger partial charge on any atom is 0.305 e. The summed E-state index contributed by atoms with van der Waals surface area (Å²) in [5, 5.41) is 8.82. The fraction of sp³-hybridized carbons (Fsp3) is 0.500. The molecule has 102 valence electrons. The molecule has 0 fully saturated rings. The van der Waals surface area contributed by atoms with Gasteiger partial charge < -0.3 is 4.74 Å². The van der Waals surface area contributed by atoms with E-state index >= 15 is 0 Å². The van der Waals surface area contributed by atoms with Crippen LogP contribution in [0.3, 0.4) is 0 Å². The molecule has 0 atom stereocenters. The minimum Gasteiger partial charge on any atom is -0.466 e. The number of benzene rings is 1. The summed E-state index contributed by atoms with van der Waals surface area (Å²) in [6.45, 7) is 7.00. The molecule has 5 nitrogen and oxygen atoms in total. The second-order valence-corrected chi connectivity index (χ2v) is 4.63. The Balaban J connectivity index is 2.00. The topological polar surface area (TPSA) is 57.0 Å². The lowest BCUT2D eigenvalue weighted by Gasteiger charge is -2.00. The molecule has 0 unspecified atom stereocenters. The molecule has 19 heavy (non-hydrogen) atoms. The molecule has 0 bridgehead atoms. The monoisotopic (exact) mass is 261 g/mol. The van der Waals surface area contributed by atoms with Crippen LogP contribution in [0.25, 0.3) is 11.0 Å². The van der Waals surface area contributed by atoms with Crippen molar-refractivity contribution in [3.05, 3.63) is 23.3 Å². The quantitative estimate of drug-likeness (QED) is 0.775. The molecule has 1 aromatic carbocycles. The molecule has 0 spiro atoms. The molecule has 0 saturated heterocycles. The van der Waals surface area contributed by atoms with E-state index in [0.29, 0.717) is 26.0 Å². The van der Waals surface area contributed by atoms with Crippen LogP contribution in [-0.2, 0) is 16.1 Å². The van der Waals surface area contributed by atoms with Crippen LogP contribution in [0.15, 0.2) is 12.1 Å². The van der Waals surface area contributed by atoms with E-state index in [2.05, 4.69) is 24.0 Å². The van der Waals surface area contributed by atoms with Crippen molar-refractivity contribution in [1.29, 1.82) is 0 Å². The Morgan fingerprint density at radius 2 is 1.79 bits per heavy atom. The van der Waals surface area contributed by atoms with Crippen LogP contribution in [0.2, 0.25) is 0 Å². The number of aromatic nitrogens is 3. The summed E-state index contributed by atoms with van der Waals surface area (Å²) >= 11 is 0. The first kappa shape index (κ1) is 13.5. The minimum absolute atomic E-state index is 0.161. The van der Waals surface area contributed by atoms with Crippen LogP contribution in [-0.4, -0.2) is 27.6 Å². The number of nitrogens with zero attached hydrogens (tertiary/aromatic N) is 3. The molecule has 0 amide bonds. The molecule has 5 heteroatoms. The van der Waals surface area contributed by atoms with Crippen molar-refractivity contribution < 1.29 is 9.53 Å². The molecular formula is C14H19N3O2. The predicted molar refractivity (Wildman–Crippen MR) is 72.9 cm³/mol. The molecule has 0 aliphatic carbocycles. The van der Waals surface area contributed by atoms with Crippen molar-refractivity contribution in [2.45, 2.75) is 40.2 Å². The number of aryl methyl sites for hydroxylation is 3. The molecular weight excluding hydrogens is 242 g/mol. The van der Waals surface area contributed by atoms with E-state index in [4.69, 9.17) is 4.74 Å². The van der Waals surface area contributed by atoms with Gasteiger partial charge in [-0.3, -0.25) is 4.79 Å². The van der Waals surface area contributed by atoms with Crippen molar-refractivity contribution in [3.8, 4) is 0 Å². The highest BCUT2D eigenvalue weighted by molar-refractivity contribution is 5.75. The van der Waals surface area contributed by atoms with Gasteiger partial charge >= 0.3 is 5.97 Å². The van der Waals surface area contributed by atoms with E-state index in [-0.39, 0.29) is 5.97 Å². The minimum atomic E-state index is -0.161. The van der Waals surface area contributed by atoms with Gasteiger partial charge in [0.25, 0.3) is 0 Å². The number of hydrogen-bond acceptors (Lipinski definition) is 4. The maximum absolute atomic E-state index is 11.2. The Labute approximate surface area is 112 Å². The average Bonchev–Trinajstić information content (AvgIpc) is 2.72. The lowest BCUT2D eigenvalue weighted by atomic mass is 10.1. The number of rotatable bonds is 5. The van der Waals surface area contributed by atoms with Crippen LogP contribution in [0.5, 0.6) is 0 Å². The summed E-state index contributed by atoms with van der Waals surface area (Å²) in [5.74, 6) is -0.161. The number of carbonyl (C=O) groups is 1. The van der Waals surface area contributed by atoms with Crippen LogP contribution >= 0.6 is 0 Å². The van der Waals surface area contributed by atoms with Gasteiger partial charge in [0.15, 0.2) is 0 Å². The third-order valence-electron chi connectivity index (χ3n) is 3.08. The van der Waals surface area contributed by atoms with Crippen LogP contribution in [0.4, 0.5) is 0 Å². The zero-order valence-electron chi connectivity index (χ0n) is 11.6. The number of hydrogen-bond donors (Lipinski definition) is 0. The zero-order valence-corrected chi connectivity index (χ0v) is 11.6. The van der Waals surface area contributed by atoms with E-state index in [1.54, 1.807) is 4.80 Å². The fourth-order valence-corrected chi connectivity index (χ4v) is 1.91. The summed E-state index contributed by atoms with van der Waals surface area (Å²) < 4.78 is 4.88. The first-order valence-electron chi connectivity index (χ1n) is 6.58. The lowest BCUT2D eigenvalue weighted by molar-refractivity contribution is -0.143. The highest BCUT2D eigenvalue weighted by Gasteiger charge is 2.06. The first-order chi connectivity index (χ1) is 9.10. The van der Waals surface area contributed by atoms with Gasteiger partial charge in [0.2, 0.25) is 0 Å². The van der Waals surface area contributed by atoms with Crippen molar-refractivity contribution in [2.24, 2.45) is 0 Å². The van der Waals surface area contributed by atoms with E-state index in [0.717, 1.165) is 11.0 Å². The Bertz CT molecular complexity index is 551. The highest BCUT2D eigenvalue weighted by Crippen LogP contribution is 2.15. The van der Waals surface area contributed by atoms with E-state index < -0.39 is 0 Å². The highest BCUT2D eigenvalue weighted by atomic mass is 16.5. The molecule has 0 aliphatic heterocycles.